The van der Waals surface area contributed by atoms with Crippen molar-refractivity contribution in [3.63, 3.8) is 0 Å². The van der Waals surface area contributed by atoms with Crippen LogP contribution in [0.3, 0.4) is 0 Å². The van der Waals surface area contributed by atoms with Crippen molar-refractivity contribution in [1.29, 1.82) is 0 Å². The Morgan fingerprint density at radius 3 is 2.85 bits per heavy atom. The minimum Gasteiger partial charge on any atom is -0.483 e. The van der Waals surface area contributed by atoms with Gasteiger partial charge in [0.1, 0.15) is 11.9 Å². The maximum Gasteiger partial charge on any atom is 0.290 e. The maximum absolute atomic E-state index is 13.8. The Kier molecular flexibility index (Phi) is 4.53. The first-order valence-electron chi connectivity index (χ1n) is 9.12. The van der Waals surface area contributed by atoms with E-state index < -0.39 is 11.9 Å². The second-order valence-corrected chi connectivity index (χ2v) is 7.10. The van der Waals surface area contributed by atoms with Gasteiger partial charge >= 0.3 is 0 Å². The molecule has 26 heavy (non-hydrogen) atoms. The molecule has 1 aliphatic carbocycles. The first-order valence-corrected chi connectivity index (χ1v) is 9.12. The normalized spacial score (nSPS) is 28.1. The number of rotatable bonds is 4. The van der Waals surface area contributed by atoms with Crippen molar-refractivity contribution in [2.24, 2.45) is 5.92 Å². The number of ether oxygens (including phenoxy) is 2. The molecule has 1 aromatic rings. The Morgan fingerprint density at radius 2 is 2.08 bits per heavy atom. The van der Waals surface area contributed by atoms with Crippen LogP contribution in [0.1, 0.15) is 37.3 Å². The second-order valence-electron chi connectivity index (χ2n) is 7.10. The summed E-state index contributed by atoms with van der Waals surface area (Å²) in [5, 5.41) is 0. The summed E-state index contributed by atoms with van der Waals surface area (Å²) < 4.78 is 25.0. The predicted molar refractivity (Wildman–Crippen MR) is 91.6 cm³/mol. The van der Waals surface area contributed by atoms with E-state index in [0.29, 0.717) is 24.3 Å². The van der Waals surface area contributed by atoms with Crippen LogP contribution in [-0.2, 0) is 19.1 Å². The lowest BCUT2D eigenvalue weighted by atomic mass is 9.77. The van der Waals surface area contributed by atoms with Crippen LogP contribution >= 0.6 is 0 Å². The summed E-state index contributed by atoms with van der Waals surface area (Å²) in [6.07, 6.45) is 3.36. The van der Waals surface area contributed by atoms with Crippen LogP contribution in [-0.4, -0.2) is 43.0 Å². The van der Waals surface area contributed by atoms with Gasteiger partial charge in [0.2, 0.25) is 0 Å². The van der Waals surface area contributed by atoms with Gasteiger partial charge in [-0.1, -0.05) is 18.6 Å². The molecule has 3 atom stereocenters. The summed E-state index contributed by atoms with van der Waals surface area (Å²) in [6.45, 7) is 0.647. The van der Waals surface area contributed by atoms with E-state index in [1.807, 2.05) is 0 Å². The average Bonchev–Trinajstić information content (AvgIpc) is 2.93. The van der Waals surface area contributed by atoms with Crippen LogP contribution in [0.15, 0.2) is 35.6 Å². The second kappa shape index (κ2) is 6.83. The van der Waals surface area contributed by atoms with Crippen LogP contribution in [0.25, 0.3) is 0 Å². The van der Waals surface area contributed by atoms with Crippen molar-refractivity contribution < 1.29 is 23.5 Å². The Morgan fingerprint density at radius 1 is 1.27 bits per heavy atom. The van der Waals surface area contributed by atoms with Gasteiger partial charge in [0, 0.05) is 13.7 Å². The van der Waals surface area contributed by atoms with Gasteiger partial charge in [0.15, 0.2) is 11.5 Å². The van der Waals surface area contributed by atoms with E-state index in [-0.39, 0.29) is 29.5 Å². The van der Waals surface area contributed by atoms with Gasteiger partial charge in [-0.15, -0.1) is 0 Å². The van der Waals surface area contributed by atoms with Crippen LogP contribution in [0.4, 0.5) is 4.39 Å². The van der Waals surface area contributed by atoms with Crippen LogP contribution in [0, 0.1) is 11.7 Å². The molecule has 1 fully saturated rings. The molecule has 3 aliphatic rings. The van der Waals surface area contributed by atoms with Crippen molar-refractivity contribution >= 4 is 11.7 Å². The number of amides is 1. The smallest absolute Gasteiger partial charge is 0.290 e. The minimum absolute atomic E-state index is 0.0153. The zero-order valence-corrected chi connectivity index (χ0v) is 14.7. The van der Waals surface area contributed by atoms with Gasteiger partial charge in [0.05, 0.1) is 24.1 Å². The monoisotopic (exact) mass is 359 g/mol. The van der Waals surface area contributed by atoms with Crippen molar-refractivity contribution in [3.05, 3.63) is 47.0 Å². The maximum atomic E-state index is 13.8. The minimum atomic E-state index is -0.612. The number of Topliss-reactive ketones (excluding diaryl/α,β-unsaturated/α-hetero) is 1. The van der Waals surface area contributed by atoms with E-state index >= 15 is 0 Å². The number of fused-ring (bicyclic) bond motifs is 1. The van der Waals surface area contributed by atoms with Crippen molar-refractivity contribution in [3.8, 4) is 0 Å². The molecule has 2 aliphatic heterocycles. The molecular weight excluding hydrogens is 337 g/mol. The van der Waals surface area contributed by atoms with Crippen molar-refractivity contribution in [1.82, 2.24) is 4.90 Å². The SMILES string of the molecule is COCCN1C(=O)C2=C(C(=O)C3CCCCC3O2)C1c1cccc(F)c1. The average molecular weight is 359 g/mol. The molecule has 1 saturated carbocycles. The zero-order valence-electron chi connectivity index (χ0n) is 14.7. The van der Waals surface area contributed by atoms with E-state index in [2.05, 4.69) is 0 Å². The lowest BCUT2D eigenvalue weighted by Crippen LogP contribution is -2.39. The zero-order chi connectivity index (χ0) is 18.3. The highest BCUT2D eigenvalue weighted by Crippen LogP contribution is 2.46. The van der Waals surface area contributed by atoms with E-state index in [0.717, 1.165) is 25.7 Å². The Balaban J connectivity index is 1.78. The molecule has 0 bridgehead atoms. The van der Waals surface area contributed by atoms with Gasteiger partial charge in [-0.25, -0.2) is 4.39 Å². The number of carbonyl (C=O) groups excluding carboxylic acids is 2. The third kappa shape index (κ3) is 2.72. The number of carbonyl (C=O) groups is 2. The largest absolute Gasteiger partial charge is 0.483 e. The van der Waals surface area contributed by atoms with E-state index in [9.17, 15) is 14.0 Å². The number of hydrogen-bond acceptors (Lipinski definition) is 4. The predicted octanol–water partition coefficient (Wildman–Crippen LogP) is 2.77. The summed E-state index contributed by atoms with van der Waals surface area (Å²) >= 11 is 0. The fourth-order valence-electron chi connectivity index (χ4n) is 4.34. The number of benzene rings is 1. The summed E-state index contributed by atoms with van der Waals surface area (Å²) in [5.74, 6) is -0.755. The molecule has 2 heterocycles. The summed E-state index contributed by atoms with van der Waals surface area (Å²) in [7, 11) is 1.56. The van der Waals surface area contributed by atoms with Gasteiger partial charge in [-0.2, -0.15) is 0 Å². The summed E-state index contributed by atoms with van der Waals surface area (Å²) in [4.78, 5) is 27.8. The molecule has 1 aromatic carbocycles. The Labute approximate surface area is 151 Å². The number of halogens is 1. The molecule has 6 heteroatoms. The number of nitrogens with zero attached hydrogens (tertiary/aromatic N) is 1. The fraction of sp³-hybridized carbons (Fsp3) is 0.500. The highest BCUT2D eigenvalue weighted by atomic mass is 19.1. The summed E-state index contributed by atoms with van der Waals surface area (Å²) in [6, 6.07) is 5.47. The molecule has 0 N–H and O–H groups in total. The first-order chi connectivity index (χ1) is 12.6. The van der Waals surface area contributed by atoms with Crippen molar-refractivity contribution in [2.75, 3.05) is 20.3 Å². The molecule has 5 nitrogen and oxygen atoms in total. The standard InChI is InChI=1S/C20H22FNO4/c1-25-10-9-22-17(12-5-4-6-13(21)11-12)16-18(23)14-7-2-3-8-15(14)26-19(16)20(22)24/h4-6,11,14-15,17H,2-3,7-10H2,1H3. The van der Waals surface area contributed by atoms with Crippen LogP contribution in [0.2, 0.25) is 0 Å². The molecule has 0 saturated heterocycles. The number of methoxy groups -OCH3 is 1. The van der Waals surface area contributed by atoms with Gasteiger partial charge in [0.25, 0.3) is 5.91 Å². The van der Waals surface area contributed by atoms with Gasteiger partial charge in [-0.3, -0.25) is 9.59 Å². The Bertz CT molecular complexity index is 775. The third-order valence-electron chi connectivity index (χ3n) is 5.56. The molecule has 138 valence electrons. The highest BCUT2D eigenvalue weighted by Gasteiger charge is 2.51. The molecule has 1 amide bonds. The molecule has 0 spiro atoms. The van der Waals surface area contributed by atoms with E-state index in [1.54, 1.807) is 24.1 Å². The molecule has 0 radical (unpaired) electrons. The molecule has 3 unspecified atom stereocenters. The van der Waals surface area contributed by atoms with E-state index in [1.165, 1.54) is 12.1 Å². The van der Waals surface area contributed by atoms with Crippen molar-refractivity contribution in [2.45, 2.75) is 37.8 Å². The quantitative estimate of drug-likeness (QED) is 0.830. The van der Waals surface area contributed by atoms with Crippen LogP contribution < -0.4 is 0 Å². The third-order valence-corrected chi connectivity index (χ3v) is 5.56. The summed E-state index contributed by atoms with van der Waals surface area (Å²) in [5.41, 5.74) is 0.977. The topological polar surface area (TPSA) is 55.8 Å². The number of ketones is 1. The lowest BCUT2D eigenvalue weighted by Gasteiger charge is -2.35. The lowest BCUT2D eigenvalue weighted by molar-refractivity contribution is -0.135. The molecule has 4 rings (SSSR count). The highest BCUT2D eigenvalue weighted by molar-refractivity contribution is 6.11. The van der Waals surface area contributed by atoms with Gasteiger partial charge < -0.3 is 14.4 Å². The van der Waals surface area contributed by atoms with E-state index in [4.69, 9.17) is 9.47 Å². The fourth-order valence-corrected chi connectivity index (χ4v) is 4.34. The molecular formula is C20H22FNO4. The number of hydrogen-bond donors (Lipinski definition) is 0. The Hall–Kier alpha value is -2.21. The van der Waals surface area contributed by atoms with Crippen LogP contribution in [0.5, 0.6) is 0 Å². The van der Waals surface area contributed by atoms with Gasteiger partial charge in [-0.05, 0) is 37.0 Å². The first kappa shape index (κ1) is 17.2. The molecule has 0 aromatic heterocycles.